The minimum atomic E-state index is -0.730. The number of rotatable bonds is 9. The van der Waals surface area contributed by atoms with Crippen molar-refractivity contribution in [3.63, 3.8) is 0 Å². The highest BCUT2D eigenvalue weighted by molar-refractivity contribution is 5.97. The lowest BCUT2D eigenvalue weighted by molar-refractivity contribution is -0.141. The van der Waals surface area contributed by atoms with Crippen LogP contribution in [-0.2, 0) is 9.53 Å². The molecule has 0 radical (unpaired) electrons. The van der Waals surface area contributed by atoms with Crippen molar-refractivity contribution in [2.75, 3.05) is 38.2 Å². The molecule has 5 nitrogen and oxygen atoms in total. The molecular weight excluding hydrogens is 352 g/mol. The lowest BCUT2D eigenvalue weighted by Crippen LogP contribution is -2.44. The largest absolute Gasteiger partial charge is 0.492 e. The summed E-state index contributed by atoms with van der Waals surface area (Å²) in [6.45, 7) is 13.0. The normalized spacial score (nSPS) is 25.1. The molecule has 3 atom stereocenters. The van der Waals surface area contributed by atoms with Gasteiger partial charge in [-0.1, -0.05) is 13.8 Å². The lowest BCUT2D eigenvalue weighted by atomic mass is 9.92. The highest BCUT2D eigenvalue weighted by Crippen LogP contribution is 2.42. The average molecular weight is 389 g/mol. The van der Waals surface area contributed by atoms with Gasteiger partial charge in [0.1, 0.15) is 18.0 Å². The third kappa shape index (κ3) is 5.48. The second-order valence-corrected chi connectivity index (χ2v) is 8.85. The van der Waals surface area contributed by atoms with Crippen molar-refractivity contribution in [3.05, 3.63) is 24.3 Å². The Kier molecular flexibility index (Phi) is 7.00. The van der Waals surface area contributed by atoms with E-state index in [1.54, 1.807) is 0 Å². The molecule has 0 aromatic heterocycles. The number of amides is 1. The molecule has 3 rings (SSSR count). The fraction of sp³-hybridized carbons (Fsp3) is 0.696. The maximum Gasteiger partial charge on any atom is 0.256 e. The molecule has 5 heteroatoms. The van der Waals surface area contributed by atoms with Gasteiger partial charge in [-0.05, 0) is 75.1 Å². The van der Waals surface area contributed by atoms with Gasteiger partial charge in [0, 0.05) is 31.9 Å². The highest BCUT2D eigenvalue weighted by Gasteiger charge is 2.48. The Balaban J connectivity index is 1.46. The number of carbonyl (C=O) groups excluding carboxylic acids is 1. The zero-order valence-electron chi connectivity index (χ0n) is 17.9. The summed E-state index contributed by atoms with van der Waals surface area (Å²) in [5.74, 6) is 2.65. The predicted molar refractivity (Wildman–Crippen MR) is 113 cm³/mol. The minimum absolute atomic E-state index is 0.0566. The Morgan fingerprint density at radius 1 is 1.18 bits per heavy atom. The minimum Gasteiger partial charge on any atom is -0.492 e. The van der Waals surface area contributed by atoms with Crippen LogP contribution in [-0.4, -0.2) is 49.3 Å². The first-order valence-electron chi connectivity index (χ1n) is 10.8. The van der Waals surface area contributed by atoms with Crippen molar-refractivity contribution in [3.8, 4) is 5.75 Å². The molecule has 1 aliphatic heterocycles. The smallest absolute Gasteiger partial charge is 0.256 e. The number of carbonyl (C=O) groups is 1. The van der Waals surface area contributed by atoms with Gasteiger partial charge in [0.25, 0.3) is 5.91 Å². The van der Waals surface area contributed by atoms with E-state index in [2.05, 4.69) is 24.1 Å². The van der Waals surface area contributed by atoms with Crippen LogP contribution in [0, 0.1) is 17.8 Å². The number of anilines is 1. The van der Waals surface area contributed by atoms with Crippen LogP contribution in [0.25, 0.3) is 0 Å². The van der Waals surface area contributed by atoms with Crippen LogP contribution in [0.4, 0.5) is 5.69 Å². The maximum absolute atomic E-state index is 12.7. The van der Waals surface area contributed by atoms with Crippen molar-refractivity contribution >= 4 is 11.6 Å². The summed E-state index contributed by atoms with van der Waals surface area (Å²) >= 11 is 0. The molecule has 1 aromatic rings. The molecule has 2 aliphatic rings. The van der Waals surface area contributed by atoms with Gasteiger partial charge in [0.15, 0.2) is 0 Å². The third-order valence-corrected chi connectivity index (χ3v) is 5.98. The summed E-state index contributed by atoms with van der Waals surface area (Å²) in [6.07, 6.45) is 3.45. The van der Waals surface area contributed by atoms with Gasteiger partial charge >= 0.3 is 0 Å². The molecule has 0 spiro atoms. The zero-order chi connectivity index (χ0) is 20.1. The van der Waals surface area contributed by atoms with E-state index < -0.39 is 5.60 Å². The number of piperidine rings is 1. The average Bonchev–Trinajstić information content (AvgIpc) is 3.48. The number of likely N-dealkylation sites (tertiary alicyclic amines) is 1. The molecule has 0 unspecified atom stereocenters. The topological polar surface area (TPSA) is 50.8 Å². The van der Waals surface area contributed by atoms with E-state index in [4.69, 9.17) is 9.47 Å². The van der Waals surface area contributed by atoms with Gasteiger partial charge in [-0.2, -0.15) is 0 Å². The van der Waals surface area contributed by atoms with Gasteiger partial charge in [-0.25, -0.2) is 0 Å². The second kappa shape index (κ2) is 9.27. The fourth-order valence-corrected chi connectivity index (χ4v) is 4.46. The Morgan fingerprint density at radius 3 is 2.39 bits per heavy atom. The molecule has 1 saturated carbocycles. The molecule has 1 saturated heterocycles. The van der Waals surface area contributed by atoms with E-state index in [9.17, 15) is 4.79 Å². The van der Waals surface area contributed by atoms with Crippen LogP contribution in [0.2, 0.25) is 0 Å². The van der Waals surface area contributed by atoms with Gasteiger partial charge in [0.05, 0.1) is 0 Å². The Morgan fingerprint density at radius 2 is 1.82 bits per heavy atom. The molecule has 2 fully saturated rings. The summed E-state index contributed by atoms with van der Waals surface area (Å²) in [5, 5.41) is 3.01. The van der Waals surface area contributed by atoms with E-state index in [1.165, 1.54) is 6.42 Å². The molecule has 1 aliphatic carbocycles. The molecule has 156 valence electrons. The maximum atomic E-state index is 12.7. The highest BCUT2D eigenvalue weighted by atomic mass is 16.5. The lowest BCUT2D eigenvalue weighted by Gasteiger charge is -2.34. The Bertz CT molecular complexity index is 634. The first-order valence-corrected chi connectivity index (χ1v) is 10.8. The van der Waals surface area contributed by atoms with Crippen molar-refractivity contribution in [2.45, 2.75) is 52.6 Å². The van der Waals surface area contributed by atoms with Crippen molar-refractivity contribution in [1.82, 2.24) is 4.90 Å². The quantitative estimate of drug-likeness (QED) is 0.689. The Hall–Kier alpha value is -1.59. The second-order valence-electron chi connectivity index (χ2n) is 8.85. The van der Waals surface area contributed by atoms with Gasteiger partial charge < -0.3 is 14.8 Å². The van der Waals surface area contributed by atoms with Gasteiger partial charge in [-0.3, -0.25) is 9.69 Å². The molecule has 1 N–H and O–H groups in total. The standard InChI is InChI=1S/C23H36N2O3/c1-5-28-23(4,19-6-7-19)22(26)24-20-8-10-21(11-9-20)27-13-12-25-15-17(2)14-18(3)16-25/h8-11,17-19H,5-7,12-16H2,1-4H3,(H,24,26)/t17-,18+,23-/m0/s1. The van der Waals surface area contributed by atoms with Crippen molar-refractivity contribution in [1.29, 1.82) is 0 Å². The predicted octanol–water partition coefficient (Wildman–Crippen LogP) is 4.19. The SMILES string of the molecule is CCO[C@](C)(C(=O)Nc1ccc(OCCN2C[C@H](C)C[C@H](C)C2)cc1)C1CC1. The molecule has 28 heavy (non-hydrogen) atoms. The molecule has 0 bridgehead atoms. The Labute approximate surface area is 169 Å². The first kappa shape index (κ1) is 21.1. The van der Waals surface area contributed by atoms with E-state index in [0.717, 1.165) is 55.7 Å². The summed E-state index contributed by atoms with van der Waals surface area (Å²) < 4.78 is 11.7. The van der Waals surface area contributed by atoms with Crippen LogP contribution in [0.3, 0.4) is 0 Å². The molecule has 1 amide bonds. The number of hydrogen-bond acceptors (Lipinski definition) is 4. The monoisotopic (exact) mass is 388 g/mol. The van der Waals surface area contributed by atoms with Crippen molar-refractivity contribution < 1.29 is 14.3 Å². The fourth-order valence-electron chi connectivity index (χ4n) is 4.46. The number of nitrogens with zero attached hydrogens (tertiary/aromatic N) is 1. The van der Waals surface area contributed by atoms with Crippen LogP contribution >= 0.6 is 0 Å². The van der Waals surface area contributed by atoms with E-state index in [-0.39, 0.29) is 5.91 Å². The van der Waals surface area contributed by atoms with E-state index in [1.807, 2.05) is 38.1 Å². The summed E-state index contributed by atoms with van der Waals surface area (Å²) in [4.78, 5) is 15.2. The number of hydrogen-bond donors (Lipinski definition) is 1. The molecule has 1 heterocycles. The van der Waals surface area contributed by atoms with Gasteiger partial charge in [-0.15, -0.1) is 0 Å². The number of benzene rings is 1. The van der Waals surface area contributed by atoms with Crippen LogP contribution in [0.15, 0.2) is 24.3 Å². The summed E-state index contributed by atoms with van der Waals surface area (Å²) in [7, 11) is 0. The van der Waals surface area contributed by atoms with E-state index in [0.29, 0.717) is 19.1 Å². The van der Waals surface area contributed by atoms with Gasteiger partial charge in [0.2, 0.25) is 0 Å². The van der Waals surface area contributed by atoms with E-state index >= 15 is 0 Å². The third-order valence-electron chi connectivity index (χ3n) is 5.98. The number of ether oxygens (including phenoxy) is 2. The van der Waals surface area contributed by atoms with Crippen LogP contribution in [0.1, 0.15) is 47.0 Å². The van der Waals surface area contributed by atoms with Crippen LogP contribution in [0.5, 0.6) is 5.75 Å². The summed E-state index contributed by atoms with van der Waals surface area (Å²) in [6, 6.07) is 7.65. The first-order chi connectivity index (χ1) is 13.4. The molecular formula is C23H36N2O3. The zero-order valence-corrected chi connectivity index (χ0v) is 17.9. The summed E-state index contributed by atoms with van der Waals surface area (Å²) in [5.41, 5.74) is 0.0507. The van der Waals surface area contributed by atoms with Crippen molar-refractivity contribution in [2.24, 2.45) is 17.8 Å². The number of nitrogens with one attached hydrogen (secondary N) is 1. The molecule has 1 aromatic carbocycles. The van der Waals surface area contributed by atoms with Crippen LogP contribution < -0.4 is 10.1 Å².